The summed E-state index contributed by atoms with van der Waals surface area (Å²) in [6.07, 6.45) is 1.61. The maximum Gasteiger partial charge on any atom is 0.236 e. The lowest BCUT2D eigenvalue weighted by Gasteiger charge is -2.20. The smallest absolute Gasteiger partial charge is 0.236 e. The Balaban J connectivity index is 1.83. The number of aromatic nitrogens is 1. The van der Waals surface area contributed by atoms with E-state index in [0.717, 1.165) is 20.8 Å². The van der Waals surface area contributed by atoms with Crippen LogP contribution < -0.4 is 0 Å². The van der Waals surface area contributed by atoms with Gasteiger partial charge in [0, 0.05) is 12.5 Å². The number of thiazole rings is 1. The van der Waals surface area contributed by atoms with Crippen molar-refractivity contribution in [3.8, 4) is 0 Å². The first-order valence-corrected chi connectivity index (χ1v) is 9.86. The van der Waals surface area contributed by atoms with Crippen LogP contribution in [0.4, 0.5) is 0 Å². The summed E-state index contributed by atoms with van der Waals surface area (Å²) in [6.45, 7) is 1.85. The number of sulfonamides is 1. The van der Waals surface area contributed by atoms with Crippen molar-refractivity contribution in [3.05, 3.63) is 70.6 Å². The Morgan fingerprint density at radius 2 is 1.75 bits per heavy atom. The van der Waals surface area contributed by atoms with E-state index in [0.29, 0.717) is 0 Å². The minimum Gasteiger partial charge on any atom is -0.239 e. The fourth-order valence-electron chi connectivity index (χ4n) is 2.27. The molecule has 0 radical (unpaired) electrons. The van der Waals surface area contributed by atoms with Gasteiger partial charge in [-0.2, -0.15) is 4.31 Å². The maximum atomic E-state index is 12.5. The van der Waals surface area contributed by atoms with E-state index in [2.05, 4.69) is 4.98 Å². The second-order valence-corrected chi connectivity index (χ2v) is 8.41. The zero-order chi connectivity index (χ0) is 17.2. The highest BCUT2D eigenvalue weighted by Gasteiger charge is 2.24. The van der Waals surface area contributed by atoms with Crippen LogP contribution in [0.5, 0.6) is 0 Å². The molecular weight excluding hydrogens is 340 g/mol. The molecule has 0 spiro atoms. The molecule has 2 aromatic carbocycles. The molecule has 0 aliphatic carbocycles. The van der Waals surface area contributed by atoms with Gasteiger partial charge < -0.3 is 0 Å². The Kier molecular flexibility index (Phi) is 4.80. The van der Waals surface area contributed by atoms with Crippen molar-refractivity contribution in [2.75, 3.05) is 7.05 Å². The molecule has 0 saturated carbocycles. The molecule has 0 fully saturated rings. The van der Waals surface area contributed by atoms with Crippen molar-refractivity contribution in [1.82, 2.24) is 9.29 Å². The molecule has 3 rings (SSSR count). The first-order valence-electron chi connectivity index (χ1n) is 7.54. The van der Waals surface area contributed by atoms with Crippen LogP contribution in [0.3, 0.4) is 0 Å². The molecule has 0 aliphatic heterocycles. The predicted octanol–water partition coefficient (Wildman–Crippen LogP) is 4.29. The Morgan fingerprint density at radius 1 is 1.08 bits per heavy atom. The summed E-state index contributed by atoms with van der Waals surface area (Å²) in [6, 6.07) is 16.9. The number of rotatable bonds is 5. The number of nitrogens with zero attached hydrogens (tertiary/aromatic N) is 2. The summed E-state index contributed by atoms with van der Waals surface area (Å²) >= 11 is 1.52. The molecule has 0 N–H and O–H groups in total. The zero-order valence-electron chi connectivity index (χ0n) is 13.5. The number of para-hydroxylation sites is 1. The summed E-state index contributed by atoms with van der Waals surface area (Å²) in [5, 5.41) is 2.03. The van der Waals surface area contributed by atoms with Gasteiger partial charge in [0.1, 0.15) is 5.01 Å². The van der Waals surface area contributed by atoms with Crippen LogP contribution in [0.15, 0.2) is 60.0 Å². The first-order chi connectivity index (χ1) is 11.5. The number of fused-ring (bicyclic) bond motifs is 1. The average Bonchev–Trinajstić information content (AvgIpc) is 3.04. The highest BCUT2D eigenvalue weighted by Crippen LogP contribution is 2.30. The van der Waals surface area contributed by atoms with Crippen molar-refractivity contribution < 1.29 is 8.42 Å². The van der Waals surface area contributed by atoms with Gasteiger partial charge in [0.25, 0.3) is 0 Å². The van der Waals surface area contributed by atoms with Gasteiger partial charge in [-0.3, -0.25) is 0 Å². The van der Waals surface area contributed by atoms with Crippen LogP contribution in [-0.2, 0) is 10.0 Å². The Bertz CT molecular complexity index is 930. The van der Waals surface area contributed by atoms with Crippen molar-refractivity contribution in [2.45, 2.75) is 13.0 Å². The van der Waals surface area contributed by atoms with E-state index < -0.39 is 10.0 Å². The highest BCUT2D eigenvalue weighted by molar-refractivity contribution is 7.92. The number of hydrogen-bond donors (Lipinski definition) is 0. The van der Waals surface area contributed by atoms with E-state index in [1.165, 1.54) is 21.1 Å². The lowest BCUT2D eigenvalue weighted by Crippen LogP contribution is -2.27. The first kappa shape index (κ1) is 16.8. The van der Waals surface area contributed by atoms with Crippen molar-refractivity contribution >= 4 is 37.7 Å². The normalized spacial score (nSPS) is 13.8. The van der Waals surface area contributed by atoms with Gasteiger partial charge in [-0.05, 0) is 30.7 Å². The lowest BCUT2D eigenvalue weighted by atomic mass is 10.2. The van der Waals surface area contributed by atoms with E-state index in [9.17, 15) is 8.42 Å². The van der Waals surface area contributed by atoms with Gasteiger partial charge in [0.2, 0.25) is 10.0 Å². The fraction of sp³-hybridized carbons (Fsp3) is 0.167. The molecule has 1 aromatic heterocycles. The lowest BCUT2D eigenvalue weighted by molar-refractivity contribution is 0.403. The quantitative estimate of drug-likeness (QED) is 0.684. The van der Waals surface area contributed by atoms with Gasteiger partial charge in [0.15, 0.2) is 0 Å². The van der Waals surface area contributed by atoms with Crippen molar-refractivity contribution in [3.63, 3.8) is 0 Å². The highest BCUT2D eigenvalue weighted by atomic mass is 32.2. The van der Waals surface area contributed by atoms with Crippen LogP contribution in [0.25, 0.3) is 16.3 Å². The second-order valence-electron chi connectivity index (χ2n) is 5.47. The van der Waals surface area contributed by atoms with Crippen molar-refractivity contribution in [1.29, 1.82) is 0 Å². The standard InChI is InChI=1S/C18H18N2O2S2/c1-14(18-19-16-10-6-7-11-17(16)23-18)20(2)24(21,22)13-12-15-8-4-3-5-9-15/h3-14H,1-2H3/b13-12+. The second kappa shape index (κ2) is 6.84. The Labute approximate surface area is 146 Å². The molecule has 6 heteroatoms. The van der Waals surface area contributed by atoms with Crippen LogP contribution in [0.2, 0.25) is 0 Å². The Morgan fingerprint density at radius 3 is 2.46 bits per heavy atom. The van der Waals surface area contributed by atoms with Crippen LogP contribution >= 0.6 is 11.3 Å². The molecule has 0 bridgehead atoms. The molecule has 3 aromatic rings. The van der Waals surface area contributed by atoms with Crippen LogP contribution in [0.1, 0.15) is 23.5 Å². The summed E-state index contributed by atoms with van der Waals surface area (Å²) in [7, 11) is -1.94. The molecule has 1 unspecified atom stereocenters. The third kappa shape index (κ3) is 3.56. The van der Waals surface area contributed by atoms with E-state index in [-0.39, 0.29) is 6.04 Å². The van der Waals surface area contributed by atoms with E-state index >= 15 is 0 Å². The third-order valence-electron chi connectivity index (χ3n) is 3.85. The summed E-state index contributed by atoms with van der Waals surface area (Å²) in [4.78, 5) is 4.55. The number of benzene rings is 2. The fourth-order valence-corrected chi connectivity index (χ4v) is 4.46. The Hall–Kier alpha value is -2.02. The largest absolute Gasteiger partial charge is 0.239 e. The SMILES string of the molecule is CC(c1nc2ccccc2s1)N(C)S(=O)(=O)/C=C/c1ccccc1. The molecule has 0 amide bonds. The van der Waals surface area contributed by atoms with Gasteiger partial charge in [-0.15, -0.1) is 11.3 Å². The molecule has 1 heterocycles. The van der Waals surface area contributed by atoms with Gasteiger partial charge in [-0.1, -0.05) is 42.5 Å². The summed E-state index contributed by atoms with van der Waals surface area (Å²) in [5.41, 5.74) is 1.75. The van der Waals surface area contributed by atoms with E-state index in [1.54, 1.807) is 13.1 Å². The molecule has 124 valence electrons. The van der Waals surface area contributed by atoms with Gasteiger partial charge >= 0.3 is 0 Å². The van der Waals surface area contributed by atoms with Crippen LogP contribution in [0, 0.1) is 0 Å². The minimum atomic E-state index is -3.52. The molecule has 1 atom stereocenters. The minimum absolute atomic E-state index is 0.326. The summed E-state index contributed by atoms with van der Waals surface area (Å²) in [5.74, 6) is 0. The van der Waals surface area contributed by atoms with Gasteiger partial charge in [0.05, 0.1) is 16.3 Å². The van der Waals surface area contributed by atoms with E-state index in [1.807, 2.05) is 61.5 Å². The van der Waals surface area contributed by atoms with E-state index in [4.69, 9.17) is 0 Å². The number of hydrogen-bond acceptors (Lipinski definition) is 4. The molecule has 0 saturated heterocycles. The van der Waals surface area contributed by atoms with Crippen LogP contribution in [-0.4, -0.2) is 24.8 Å². The van der Waals surface area contributed by atoms with Crippen molar-refractivity contribution in [2.24, 2.45) is 0 Å². The summed E-state index contributed by atoms with van der Waals surface area (Å²) < 4.78 is 27.5. The molecule has 4 nitrogen and oxygen atoms in total. The average molecular weight is 358 g/mol. The third-order valence-corrected chi connectivity index (χ3v) is 6.65. The van der Waals surface area contributed by atoms with Gasteiger partial charge in [-0.25, -0.2) is 13.4 Å². The topological polar surface area (TPSA) is 50.3 Å². The molecule has 0 aliphatic rings. The maximum absolute atomic E-state index is 12.5. The predicted molar refractivity (Wildman–Crippen MR) is 100 cm³/mol. The zero-order valence-corrected chi connectivity index (χ0v) is 15.1. The molecular formula is C18H18N2O2S2. The molecule has 24 heavy (non-hydrogen) atoms. The monoisotopic (exact) mass is 358 g/mol.